The molecule has 0 bridgehead atoms. The van der Waals surface area contributed by atoms with Crippen LogP contribution in [0.25, 0.3) is 0 Å². The van der Waals surface area contributed by atoms with Crippen LogP contribution in [0.15, 0.2) is 24.3 Å². The average Bonchev–Trinajstić information content (AvgIpc) is 2.39. The van der Waals surface area contributed by atoms with Gasteiger partial charge in [0.2, 0.25) is 0 Å². The second-order valence-electron chi connectivity index (χ2n) is 4.23. The van der Waals surface area contributed by atoms with Gasteiger partial charge in [-0.3, -0.25) is 4.90 Å². The minimum Gasteiger partial charge on any atom is -0.478 e. The van der Waals surface area contributed by atoms with E-state index in [1.807, 2.05) is 6.07 Å². The Kier molecular flexibility index (Phi) is 3.92. The number of benzene rings is 1. The fourth-order valence-corrected chi connectivity index (χ4v) is 1.99. The number of hydrogen-bond donors (Lipinski definition) is 1. The number of rotatable bonds is 3. The third-order valence-electron chi connectivity index (χ3n) is 2.87. The predicted octanol–water partition coefficient (Wildman–Crippen LogP) is 1.11. The fourth-order valence-electron chi connectivity index (χ4n) is 1.99. The largest absolute Gasteiger partial charge is 0.478 e. The van der Waals surface area contributed by atoms with Crippen molar-refractivity contribution in [1.29, 1.82) is 5.26 Å². The third kappa shape index (κ3) is 3.06. The van der Waals surface area contributed by atoms with E-state index in [4.69, 9.17) is 15.1 Å². The first-order chi connectivity index (χ1) is 8.69. The smallest absolute Gasteiger partial charge is 0.335 e. The van der Waals surface area contributed by atoms with E-state index in [1.54, 1.807) is 18.2 Å². The maximum Gasteiger partial charge on any atom is 0.335 e. The lowest BCUT2D eigenvalue weighted by Gasteiger charge is -2.29. The van der Waals surface area contributed by atoms with Gasteiger partial charge >= 0.3 is 5.97 Å². The molecule has 94 valence electrons. The molecule has 5 heteroatoms. The quantitative estimate of drug-likeness (QED) is 0.864. The Labute approximate surface area is 105 Å². The maximum absolute atomic E-state index is 10.9. The highest BCUT2D eigenvalue weighted by atomic mass is 16.5. The molecule has 5 nitrogen and oxygen atoms in total. The van der Waals surface area contributed by atoms with E-state index in [1.165, 1.54) is 0 Å². The molecule has 1 atom stereocenters. The molecule has 18 heavy (non-hydrogen) atoms. The van der Waals surface area contributed by atoms with Gasteiger partial charge in [-0.15, -0.1) is 0 Å². The molecule has 1 heterocycles. The minimum absolute atomic E-state index is 0.289. The van der Waals surface area contributed by atoms with Crippen molar-refractivity contribution in [3.63, 3.8) is 0 Å². The van der Waals surface area contributed by atoms with Crippen molar-refractivity contribution < 1.29 is 14.6 Å². The lowest BCUT2D eigenvalue weighted by molar-refractivity contribution is -0.00270. The first kappa shape index (κ1) is 12.6. The van der Waals surface area contributed by atoms with Gasteiger partial charge in [-0.2, -0.15) is 5.26 Å². The van der Waals surface area contributed by atoms with Crippen LogP contribution in [0.3, 0.4) is 0 Å². The molecule has 0 aromatic heterocycles. The molecule has 1 aliphatic heterocycles. The third-order valence-corrected chi connectivity index (χ3v) is 2.87. The summed E-state index contributed by atoms with van der Waals surface area (Å²) >= 11 is 0. The van der Waals surface area contributed by atoms with Gasteiger partial charge in [0.1, 0.15) is 0 Å². The van der Waals surface area contributed by atoms with Crippen LogP contribution in [-0.2, 0) is 11.3 Å². The summed E-state index contributed by atoms with van der Waals surface area (Å²) in [5.74, 6) is -0.922. The zero-order valence-corrected chi connectivity index (χ0v) is 9.87. The van der Waals surface area contributed by atoms with Crippen LogP contribution >= 0.6 is 0 Å². The van der Waals surface area contributed by atoms with E-state index in [-0.39, 0.29) is 11.7 Å². The van der Waals surface area contributed by atoms with Crippen LogP contribution in [0.5, 0.6) is 0 Å². The Hall–Kier alpha value is -1.90. The molecule has 0 spiro atoms. The molecule has 0 saturated carbocycles. The molecule has 0 radical (unpaired) electrons. The Morgan fingerprint density at radius 1 is 1.61 bits per heavy atom. The standard InChI is InChI=1S/C13H14N2O3/c14-7-12-9-15(4-5-18-12)8-10-2-1-3-11(6-10)13(16)17/h1-3,6,12H,4-5,8-9H2,(H,16,17). The van der Waals surface area contributed by atoms with E-state index >= 15 is 0 Å². The highest BCUT2D eigenvalue weighted by Crippen LogP contribution is 2.12. The highest BCUT2D eigenvalue weighted by molar-refractivity contribution is 5.87. The van der Waals surface area contributed by atoms with Crippen molar-refractivity contribution in [2.45, 2.75) is 12.6 Å². The van der Waals surface area contributed by atoms with Crippen molar-refractivity contribution in [3.05, 3.63) is 35.4 Å². The summed E-state index contributed by atoms with van der Waals surface area (Å²) in [5, 5.41) is 17.7. The molecule has 1 aromatic rings. The van der Waals surface area contributed by atoms with Gasteiger partial charge in [-0.25, -0.2) is 4.79 Å². The maximum atomic E-state index is 10.9. The van der Waals surface area contributed by atoms with Crippen molar-refractivity contribution in [2.24, 2.45) is 0 Å². The molecule has 0 amide bonds. The fraction of sp³-hybridized carbons (Fsp3) is 0.385. The molecule has 1 aliphatic rings. The number of carbonyl (C=O) groups is 1. The van der Waals surface area contributed by atoms with E-state index in [2.05, 4.69) is 11.0 Å². The molecule has 2 rings (SSSR count). The minimum atomic E-state index is -0.922. The second kappa shape index (κ2) is 5.63. The number of hydrogen-bond acceptors (Lipinski definition) is 4. The van der Waals surface area contributed by atoms with Gasteiger partial charge in [0.05, 0.1) is 18.2 Å². The molecule has 1 unspecified atom stereocenters. The molecule has 1 saturated heterocycles. The van der Waals surface area contributed by atoms with Crippen LogP contribution in [0, 0.1) is 11.3 Å². The zero-order chi connectivity index (χ0) is 13.0. The van der Waals surface area contributed by atoms with Crippen molar-refractivity contribution in [1.82, 2.24) is 4.90 Å². The number of carboxylic acid groups (broad SMARTS) is 1. The molecular weight excluding hydrogens is 232 g/mol. The van der Waals surface area contributed by atoms with Crippen molar-refractivity contribution in [2.75, 3.05) is 19.7 Å². The summed E-state index contributed by atoms with van der Waals surface area (Å²) in [5.41, 5.74) is 1.23. The van der Waals surface area contributed by atoms with Gasteiger partial charge in [-0.1, -0.05) is 12.1 Å². The van der Waals surface area contributed by atoms with Gasteiger partial charge in [0, 0.05) is 19.6 Å². The number of nitriles is 1. The lowest BCUT2D eigenvalue weighted by atomic mass is 10.1. The molecule has 1 fully saturated rings. The second-order valence-corrected chi connectivity index (χ2v) is 4.23. The number of ether oxygens (including phenoxy) is 1. The number of morpholine rings is 1. The van der Waals surface area contributed by atoms with Crippen molar-refractivity contribution in [3.8, 4) is 6.07 Å². The predicted molar refractivity (Wildman–Crippen MR) is 64.0 cm³/mol. The molecular formula is C13H14N2O3. The average molecular weight is 246 g/mol. The highest BCUT2D eigenvalue weighted by Gasteiger charge is 2.19. The Bertz CT molecular complexity index is 481. The topological polar surface area (TPSA) is 73.6 Å². The van der Waals surface area contributed by atoms with Crippen LogP contribution in [-0.4, -0.2) is 41.8 Å². The molecule has 1 aromatic carbocycles. The van der Waals surface area contributed by atoms with E-state index in [0.29, 0.717) is 19.7 Å². The first-order valence-corrected chi connectivity index (χ1v) is 5.75. The van der Waals surface area contributed by atoms with E-state index < -0.39 is 5.97 Å². The van der Waals surface area contributed by atoms with E-state index in [9.17, 15) is 4.79 Å². The summed E-state index contributed by atoms with van der Waals surface area (Å²) in [4.78, 5) is 13.0. The Balaban J connectivity index is 2.03. The number of nitrogens with zero attached hydrogens (tertiary/aromatic N) is 2. The van der Waals surface area contributed by atoms with E-state index in [0.717, 1.165) is 12.1 Å². The SMILES string of the molecule is N#CC1CN(Cc2cccc(C(=O)O)c2)CCO1. The summed E-state index contributed by atoms with van der Waals surface area (Å²) in [6, 6.07) is 8.96. The number of carboxylic acids is 1. The van der Waals surface area contributed by atoms with Crippen LogP contribution < -0.4 is 0 Å². The molecule has 0 aliphatic carbocycles. The summed E-state index contributed by atoms with van der Waals surface area (Å²) in [6.45, 7) is 2.50. The van der Waals surface area contributed by atoms with Gasteiger partial charge < -0.3 is 9.84 Å². The monoisotopic (exact) mass is 246 g/mol. The van der Waals surface area contributed by atoms with Crippen LogP contribution in [0.1, 0.15) is 15.9 Å². The Morgan fingerprint density at radius 3 is 3.17 bits per heavy atom. The normalized spacial score (nSPS) is 20.3. The Morgan fingerprint density at radius 2 is 2.44 bits per heavy atom. The van der Waals surface area contributed by atoms with Gasteiger partial charge in [-0.05, 0) is 17.7 Å². The van der Waals surface area contributed by atoms with Crippen LogP contribution in [0.2, 0.25) is 0 Å². The van der Waals surface area contributed by atoms with Crippen LogP contribution in [0.4, 0.5) is 0 Å². The summed E-state index contributed by atoms with van der Waals surface area (Å²) in [7, 11) is 0. The van der Waals surface area contributed by atoms with Crippen molar-refractivity contribution >= 4 is 5.97 Å². The summed E-state index contributed by atoms with van der Waals surface area (Å²) in [6.07, 6.45) is -0.388. The number of aromatic carboxylic acids is 1. The summed E-state index contributed by atoms with van der Waals surface area (Å²) < 4.78 is 5.26. The lowest BCUT2D eigenvalue weighted by Crippen LogP contribution is -2.41. The van der Waals surface area contributed by atoms with Gasteiger partial charge in [0.25, 0.3) is 0 Å². The van der Waals surface area contributed by atoms with Gasteiger partial charge in [0.15, 0.2) is 6.10 Å². The first-order valence-electron chi connectivity index (χ1n) is 5.75. The zero-order valence-electron chi connectivity index (χ0n) is 9.87. The molecule has 1 N–H and O–H groups in total.